The summed E-state index contributed by atoms with van der Waals surface area (Å²) in [6.07, 6.45) is 0.890. The van der Waals surface area contributed by atoms with Gasteiger partial charge in [-0.2, -0.15) is 0 Å². The van der Waals surface area contributed by atoms with Crippen molar-refractivity contribution in [3.63, 3.8) is 0 Å². The predicted octanol–water partition coefficient (Wildman–Crippen LogP) is 3.77. The zero-order valence-corrected chi connectivity index (χ0v) is 11.1. The first-order valence-corrected chi connectivity index (χ1v) is 5.95. The van der Waals surface area contributed by atoms with Gasteiger partial charge in [-0.1, -0.05) is 50.8 Å². The molecule has 0 amide bonds. The third-order valence-corrected chi connectivity index (χ3v) is 3.26. The second-order valence-electron chi connectivity index (χ2n) is 5.10. The van der Waals surface area contributed by atoms with Crippen molar-refractivity contribution in [2.75, 3.05) is 0 Å². The highest BCUT2D eigenvalue weighted by atomic mass is 16.6. The fourth-order valence-electron chi connectivity index (χ4n) is 1.29. The monoisotopic (exact) mass is 234 g/mol. The third kappa shape index (κ3) is 3.69. The Kier molecular flexibility index (Phi) is 4.49. The van der Waals surface area contributed by atoms with Crippen LogP contribution in [0.1, 0.15) is 45.1 Å². The van der Waals surface area contributed by atoms with Gasteiger partial charge in [-0.05, 0) is 25.3 Å². The first-order chi connectivity index (χ1) is 7.86. The van der Waals surface area contributed by atoms with Gasteiger partial charge < -0.3 is 9.84 Å². The Morgan fingerprint density at radius 3 is 2.18 bits per heavy atom. The molecule has 1 aromatic carbocycles. The number of ether oxygens (including phenoxy) is 1. The van der Waals surface area contributed by atoms with Crippen LogP contribution < -0.4 is 0 Å². The van der Waals surface area contributed by atoms with Crippen molar-refractivity contribution in [3.8, 4) is 0 Å². The van der Waals surface area contributed by atoms with Gasteiger partial charge in [0.25, 0.3) is 0 Å². The van der Waals surface area contributed by atoms with E-state index in [1.54, 1.807) is 6.08 Å². The molecule has 0 bridgehead atoms. The van der Waals surface area contributed by atoms with E-state index in [1.807, 2.05) is 38.1 Å². The van der Waals surface area contributed by atoms with E-state index >= 15 is 0 Å². The van der Waals surface area contributed by atoms with Gasteiger partial charge in [0, 0.05) is 5.56 Å². The van der Waals surface area contributed by atoms with Crippen LogP contribution in [0.25, 0.3) is 6.08 Å². The average Bonchev–Trinajstić information content (AvgIpc) is 2.28. The summed E-state index contributed by atoms with van der Waals surface area (Å²) in [7, 11) is 0. The van der Waals surface area contributed by atoms with Crippen molar-refractivity contribution in [1.82, 2.24) is 0 Å². The predicted molar refractivity (Wildman–Crippen MR) is 71.5 cm³/mol. The molecule has 1 atom stereocenters. The minimum atomic E-state index is -0.883. The largest absolute Gasteiger partial charge is 0.364 e. The second-order valence-corrected chi connectivity index (χ2v) is 5.10. The molecule has 17 heavy (non-hydrogen) atoms. The van der Waals surface area contributed by atoms with Crippen molar-refractivity contribution >= 4 is 6.08 Å². The lowest BCUT2D eigenvalue weighted by molar-refractivity contribution is -0.191. The van der Waals surface area contributed by atoms with Gasteiger partial charge in [0.1, 0.15) is 0 Å². The maximum absolute atomic E-state index is 10.0. The third-order valence-electron chi connectivity index (χ3n) is 3.26. The van der Waals surface area contributed by atoms with E-state index in [-0.39, 0.29) is 5.60 Å². The van der Waals surface area contributed by atoms with Gasteiger partial charge in [0.2, 0.25) is 0 Å². The molecule has 0 aliphatic carbocycles. The van der Waals surface area contributed by atoms with Crippen LogP contribution in [0.5, 0.6) is 0 Å². The molecule has 0 radical (unpaired) electrons. The second kappa shape index (κ2) is 5.48. The summed E-state index contributed by atoms with van der Waals surface area (Å²) < 4.78 is 5.69. The number of rotatable bonds is 5. The zero-order valence-electron chi connectivity index (χ0n) is 11.1. The van der Waals surface area contributed by atoms with Crippen molar-refractivity contribution in [2.24, 2.45) is 5.92 Å². The molecule has 1 aromatic rings. The lowest BCUT2D eigenvalue weighted by atomic mass is 9.94. The van der Waals surface area contributed by atoms with E-state index in [4.69, 9.17) is 4.74 Å². The highest BCUT2D eigenvalue weighted by Gasteiger charge is 2.26. The number of hydrogen-bond acceptors (Lipinski definition) is 2. The minimum Gasteiger partial charge on any atom is -0.364 e. The Labute approximate surface area is 104 Å². The van der Waals surface area contributed by atoms with Crippen LogP contribution in [0, 0.1) is 5.92 Å². The Morgan fingerprint density at radius 2 is 1.76 bits per heavy atom. The van der Waals surface area contributed by atoms with Gasteiger partial charge in [0.05, 0.1) is 5.60 Å². The van der Waals surface area contributed by atoms with Crippen molar-refractivity contribution in [2.45, 2.75) is 39.6 Å². The summed E-state index contributed by atoms with van der Waals surface area (Å²) in [6, 6.07) is 7.55. The number of aliphatic hydroxyl groups is 1. The van der Waals surface area contributed by atoms with Crippen LogP contribution in [0.4, 0.5) is 0 Å². The van der Waals surface area contributed by atoms with Gasteiger partial charge in [-0.3, -0.25) is 0 Å². The van der Waals surface area contributed by atoms with Crippen molar-refractivity contribution in [1.29, 1.82) is 0 Å². The molecule has 2 heteroatoms. The van der Waals surface area contributed by atoms with Crippen LogP contribution in [-0.4, -0.2) is 10.7 Å². The number of aliphatic hydroxyl groups excluding tert-OH is 1. The smallest absolute Gasteiger partial charge is 0.181 e. The van der Waals surface area contributed by atoms with E-state index in [2.05, 4.69) is 20.4 Å². The van der Waals surface area contributed by atoms with E-state index in [9.17, 15) is 5.11 Å². The van der Waals surface area contributed by atoms with Crippen molar-refractivity contribution < 1.29 is 9.84 Å². The average molecular weight is 234 g/mol. The Morgan fingerprint density at radius 1 is 1.24 bits per heavy atom. The van der Waals surface area contributed by atoms with Crippen LogP contribution in [0.2, 0.25) is 0 Å². The first kappa shape index (κ1) is 13.9. The summed E-state index contributed by atoms with van der Waals surface area (Å²) in [5.41, 5.74) is 1.45. The quantitative estimate of drug-likeness (QED) is 0.786. The molecule has 1 unspecified atom stereocenters. The highest BCUT2D eigenvalue weighted by Crippen LogP contribution is 2.27. The summed E-state index contributed by atoms with van der Waals surface area (Å²) in [5.74, 6) is 0.338. The van der Waals surface area contributed by atoms with Gasteiger partial charge in [-0.15, -0.1) is 0 Å². The molecular weight excluding hydrogens is 212 g/mol. The molecule has 94 valence electrons. The fourth-order valence-corrected chi connectivity index (χ4v) is 1.29. The van der Waals surface area contributed by atoms with Crippen LogP contribution in [0.15, 0.2) is 30.8 Å². The molecule has 0 aliphatic heterocycles. The summed E-state index contributed by atoms with van der Waals surface area (Å²) >= 11 is 0. The first-order valence-electron chi connectivity index (χ1n) is 5.95. The standard InChI is InChI=1S/C15H22O2/c1-6-12-7-9-13(10-8-12)14(16)17-15(4,5)11(2)3/h6-11,14,16H,1H2,2-5H3. The number of hydrogen-bond donors (Lipinski definition) is 1. The number of benzene rings is 1. The van der Waals surface area contributed by atoms with E-state index in [0.29, 0.717) is 5.92 Å². The molecule has 0 fully saturated rings. The molecule has 1 rings (SSSR count). The maximum atomic E-state index is 10.0. The van der Waals surface area contributed by atoms with E-state index in [0.717, 1.165) is 11.1 Å². The van der Waals surface area contributed by atoms with Gasteiger partial charge in [0.15, 0.2) is 6.29 Å². The lowest BCUT2D eigenvalue weighted by Gasteiger charge is -2.32. The normalized spacial score (nSPS) is 13.8. The molecule has 0 aliphatic rings. The van der Waals surface area contributed by atoms with E-state index < -0.39 is 6.29 Å². The molecule has 2 nitrogen and oxygen atoms in total. The van der Waals surface area contributed by atoms with Gasteiger partial charge >= 0.3 is 0 Å². The molecule has 1 N–H and O–H groups in total. The summed E-state index contributed by atoms with van der Waals surface area (Å²) in [5, 5.41) is 10.0. The molecule has 0 saturated heterocycles. The SMILES string of the molecule is C=Cc1ccc(C(O)OC(C)(C)C(C)C)cc1. The van der Waals surface area contributed by atoms with E-state index in [1.165, 1.54) is 0 Å². The van der Waals surface area contributed by atoms with Crippen LogP contribution in [-0.2, 0) is 4.74 Å². The zero-order chi connectivity index (χ0) is 13.1. The topological polar surface area (TPSA) is 29.5 Å². The molecule has 0 spiro atoms. The van der Waals surface area contributed by atoms with Crippen LogP contribution >= 0.6 is 0 Å². The Balaban J connectivity index is 2.75. The highest BCUT2D eigenvalue weighted by molar-refractivity contribution is 5.47. The minimum absolute atomic E-state index is 0.338. The molecule has 0 saturated carbocycles. The molecular formula is C15H22O2. The summed E-state index contributed by atoms with van der Waals surface area (Å²) in [4.78, 5) is 0. The Hall–Kier alpha value is -1.12. The summed E-state index contributed by atoms with van der Waals surface area (Å²) in [6.45, 7) is 11.8. The Bertz CT molecular complexity index is 363. The van der Waals surface area contributed by atoms with Gasteiger partial charge in [-0.25, -0.2) is 0 Å². The fraction of sp³-hybridized carbons (Fsp3) is 0.467. The van der Waals surface area contributed by atoms with Crippen molar-refractivity contribution in [3.05, 3.63) is 42.0 Å². The maximum Gasteiger partial charge on any atom is 0.181 e. The lowest BCUT2D eigenvalue weighted by Crippen LogP contribution is -2.32. The molecule has 0 aromatic heterocycles. The molecule has 0 heterocycles. The van der Waals surface area contributed by atoms with Crippen LogP contribution in [0.3, 0.4) is 0 Å².